The number of carbonyl (C=O) groups is 1. The molecule has 0 bridgehead atoms. The Bertz CT molecular complexity index is 1330. The van der Waals surface area contributed by atoms with E-state index in [1.165, 1.54) is 0 Å². The maximum absolute atomic E-state index is 13.4. The first-order valence-corrected chi connectivity index (χ1v) is 11.1. The van der Waals surface area contributed by atoms with E-state index >= 15 is 0 Å². The molecule has 178 valence electrons. The lowest BCUT2D eigenvalue weighted by atomic mass is 10.1. The first-order valence-electron chi connectivity index (χ1n) is 11.1. The van der Waals surface area contributed by atoms with E-state index in [2.05, 4.69) is 5.16 Å². The van der Waals surface area contributed by atoms with Crippen molar-refractivity contribution in [3.8, 4) is 34.3 Å². The third kappa shape index (κ3) is 4.77. The molecule has 8 nitrogen and oxygen atoms in total. The summed E-state index contributed by atoms with van der Waals surface area (Å²) < 4.78 is 27.3. The second-order valence-electron chi connectivity index (χ2n) is 7.96. The SMILES string of the molecule is COc1ccc(-c2cc(CN(Cc3ccc4c(c3)OCO4)C(=O)c3ccccc3)no2)c(OC)c1. The van der Waals surface area contributed by atoms with Crippen LogP contribution in [0.15, 0.2) is 77.3 Å². The number of carbonyl (C=O) groups excluding carboxylic acids is 1. The van der Waals surface area contributed by atoms with Gasteiger partial charge < -0.3 is 28.4 Å². The van der Waals surface area contributed by atoms with Gasteiger partial charge in [0.1, 0.15) is 17.2 Å². The van der Waals surface area contributed by atoms with E-state index in [4.69, 9.17) is 23.5 Å². The summed E-state index contributed by atoms with van der Waals surface area (Å²) in [5, 5.41) is 4.23. The summed E-state index contributed by atoms with van der Waals surface area (Å²) in [6.45, 7) is 0.810. The maximum atomic E-state index is 13.4. The summed E-state index contributed by atoms with van der Waals surface area (Å²) in [6, 6.07) is 22.1. The Kier molecular flexibility index (Phi) is 6.26. The second-order valence-corrected chi connectivity index (χ2v) is 7.96. The zero-order valence-electron chi connectivity index (χ0n) is 19.4. The monoisotopic (exact) mass is 472 g/mol. The van der Waals surface area contributed by atoms with Gasteiger partial charge in [-0.2, -0.15) is 0 Å². The molecule has 4 aromatic rings. The quantitative estimate of drug-likeness (QED) is 0.360. The fraction of sp³-hybridized carbons (Fsp3) is 0.185. The van der Waals surface area contributed by atoms with Crippen LogP contribution in [0, 0.1) is 0 Å². The minimum atomic E-state index is -0.116. The molecule has 1 aliphatic rings. The Labute approximate surface area is 202 Å². The molecule has 35 heavy (non-hydrogen) atoms. The summed E-state index contributed by atoms with van der Waals surface area (Å²) in [5.74, 6) is 3.07. The van der Waals surface area contributed by atoms with Crippen molar-refractivity contribution in [2.24, 2.45) is 0 Å². The van der Waals surface area contributed by atoms with Crippen LogP contribution in [0.4, 0.5) is 0 Å². The predicted octanol–water partition coefficient (Wildman–Crippen LogP) is 4.93. The molecule has 0 saturated carbocycles. The van der Waals surface area contributed by atoms with Crippen molar-refractivity contribution in [2.45, 2.75) is 13.1 Å². The summed E-state index contributed by atoms with van der Waals surface area (Å²) in [5.41, 5.74) is 2.86. The lowest BCUT2D eigenvalue weighted by molar-refractivity contribution is 0.0726. The third-order valence-corrected chi connectivity index (χ3v) is 5.70. The first-order chi connectivity index (χ1) is 17.1. The van der Waals surface area contributed by atoms with Gasteiger partial charge in [-0.15, -0.1) is 0 Å². The number of hydrogen-bond acceptors (Lipinski definition) is 7. The average Bonchev–Trinajstić information content (AvgIpc) is 3.57. The molecule has 0 spiro atoms. The molecule has 1 aliphatic heterocycles. The van der Waals surface area contributed by atoms with Crippen molar-refractivity contribution in [1.29, 1.82) is 0 Å². The number of aromatic nitrogens is 1. The van der Waals surface area contributed by atoms with Gasteiger partial charge in [0.15, 0.2) is 17.3 Å². The molecule has 0 aliphatic carbocycles. The fourth-order valence-electron chi connectivity index (χ4n) is 3.93. The molecule has 2 heterocycles. The number of methoxy groups -OCH3 is 2. The van der Waals surface area contributed by atoms with Gasteiger partial charge in [0.2, 0.25) is 6.79 Å². The zero-order valence-corrected chi connectivity index (χ0v) is 19.4. The molecule has 0 radical (unpaired) electrons. The number of hydrogen-bond donors (Lipinski definition) is 0. The van der Waals surface area contributed by atoms with Gasteiger partial charge in [-0.25, -0.2) is 0 Å². The van der Waals surface area contributed by atoms with Gasteiger partial charge in [0.05, 0.1) is 26.3 Å². The highest BCUT2D eigenvalue weighted by atomic mass is 16.7. The molecule has 0 N–H and O–H groups in total. The number of ether oxygens (including phenoxy) is 4. The molecule has 8 heteroatoms. The van der Waals surface area contributed by atoms with Crippen LogP contribution >= 0.6 is 0 Å². The molecule has 1 amide bonds. The molecule has 3 aromatic carbocycles. The normalized spacial score (nSPS) is 11.8. The van der Waals surface area contributed by atoms with Crippen molar-refractivity contribution in [3.63, 3.8) is 0 Å². The minimum absolute atomic E-state index is 0.116. The number of nitrogens with zero attached hydrogens (tertiary/aromatic N) is 2. The molecule has 0 saturated heterocycles. The molecule has 0 atom stereocenters. The van der Waals surface area contributed by atoms with Crippen LogP contribution in [0.5, 0.6) is 23.0 Å². The van der Waals surface area contributed by atoms with Crippen molar-refractivity contribution in [1.82, 2.24) is 10.1 Å². The number of fused-ring (bicyclic) bond motifs is 1. The highest BCUT2D eigenvalue weighted by Crippen LogP contribution is 2.35. The molecular formula is C27H24N2O6. The van der Waals surface area contributed by atoms with Crippen LogP contribution in [0.25, 0.3) is 11.3 Å². The minimum Gasteiger partial charge on any atom is -0.497 e. The lowest BCUT2D eigenvalue weighted by Gasteiger charge is -2.22. The van der Waals surface area contributed by atoms with Gasteiger partial charge in [0.25, 0.3) is 5.91 Å². The number of benzene rings is 3. The van der Waals surface area contributed by atoms with Gasteiger partial charge in [-0.05, 0) is 42.0 Å². The fourth-order valence-corrected chi connectivity index (χ4v) is 3.93. The van der Waals surface area contributed by atoms with E-state index in [0.29, 0.717) is 46.6 Å². The first kappa shape index (κ1) is 22.3. The van der Waals surface area contributed by atoms with E-state index in [0.717, 1.165) is 11.1 Å². The van der Waals surface area contributed by atoms with Crippen LogP contribution < -0.4 is 18.9 Å². The molecule has 1 aromatic heterocycles. The average molecular weight is 472 g/mol. The van der Waals surface area contributed by atoms with Crippen LogP contribution in [0.2, 0.25) is 0 Å². The van der Waals surface area contributed by atoms with Crippen molar-refractivity contribution >= 4 is 5.91 Å². The van der Waals surface area contributed by atoms with E-state index in [1.54, 1.807) is 37.3 Å². The Morgan fingerprint density at radius 3 is 2.54 bits per heavy atom. The Hall–Kier alpha value is -4.46. The molecule has 0 fully saturated rings. The Morgan fingerprint density at radius 2 is 1.74 bits per heavy atom. The van der Waals surface area contributed by atoms with Gasteiger partial charge >= 0.3 is 0 Å². The second kappa shape index (κ2) is 9.80. The Balaban J connectivity index is 1.42. The topological polar surface area (TPSA) is 83.3 Å². The van der Waals surface area contributed by atoms with Gasteiger partial charge in [-0.3, -0.25) is 4.79 Å². The van der Waals surface area contributed by atoms with Crippen LogP contribution in [0.3, 0.4) is 0 Å². The number of rotatable bonds is 8. The van der Waals surface area contributed by atoms with Crippen LogP contribution in [-0.2, 0) is 13.1 Å². The summed E-state index contributed by atoms with van der Waals surface area (Å²) in [7, 11) is 3.18. The predicted molar refractivity (Wildman–Crippen MR) is 128 cm³/mol. The van der Waals surface area contributed by atoms with Crippen LogP contribution in [0.1, 0.15) is 21.6 Å². The van der Waals surface area contributed by atoms with Crippen LogP contribution in [-0.4, -0.2) is 37.0 Å². The summed E-state index contributed by atoms with van der Waals surface area (Å²) in [4.78, 5) is 15.1. The molecule has 0 unspecified atom stereocenters. The lowest BCUT2D eigenvalue weighted by Crippen LogP contribution is -2.30. The van der Waals surface area contributed by atoms with Crippen molar-refractivity contribution < 1.29 is 28.3 Å². The molecule has 5 rings (SSSR count). The highest BCUT2D eigenvalue weighted by molar-refractivity contribution is 5.94. The zero-order chi connectivity index (χ0) is 24.2. The summed E-state index contributed by atoms with van der Waals surface area (Å²) in [6.07, 6.45) is 0. The van der Waals surface area contributed by atoms with Crippen molar-refractivity contribution in [3.05, 3.63) is 89.6 Å². The third-order valence-electron chi connectivity index (χ3n) is 5.70. The van der Waals surface area contributed by atoms with E-state index in [9.17, 15) is 4.79 Å². The Morgan fingerprint density at radius 1 is 0.914 bits per heavy atom. The maximum Gasteiger partial charge on any atom is 0.254 e. The highest BCUT2D eigenvalue weighted by Gasteiger charge is 2.21. The van der Waals surface area contributed by atoms with Gasteiger partial charge in [0, 0.05) is 24.2 Å². The van der Waals surface area contributed by atoms with Crippen molar-refractivity contribution in [2.75, 3.05) is 21.0 Å². The van der Waals surface area contributed by atoms with E-state index in [-0.39, 0.29) is 19.2 Å². The van der Waals surface area contributed by atoms with Gasteiger partial charge in [-0.1, -0.05) is 29.4 Å². The van der Waals surface area contributed by atoms with E-state index < -0.39 is 0 Å². The van der Waals surface area contributed by atoms with E-state index in [1.807, 2.05) is 54.6 Å². The smallest absolute Gasteiger partial charge is 0.254 e. The summed E-state index contributed by atoms with van der Waals surface area (Å²) >= 11 is 0. The largest absolute Gasteiger partial charge is 0.497 e. The number of amides is 1. The standard InChI is InChI=1S/C27H24N2O6/c1-31-21-9-10-22(24(14-21)32-2)25-13-20(28-35-25)16-29(27(30)19-6-4-3-5-7-19)15-18-8-11-23-26(12-18)34-17-33-23/h3-14H,15-17H2,1-2H3. The molecular weight excluding hydrogens is 448 g/mol.